The summed E-state index contributed by atoms with van der Waals surface area (Å²) in [5, 5.41) is 4.89. The van der Waals surface area contributed by atoms with Gasteiger partial charge in [0.2, 0.25) is 5.91 Å². The highest BCUT2D eigenvalue weighted by Gasteiger charge is 2.25. The van der Waals surface area contributed by atoms with Crippen molar-refractivity contribution in [2.24, 2.45) is 5.73 Å². The summed E-state index contributed by atoms with van der Waals surface area (Å²) in [6.07, 6.45) is 1.53. The van der Waals surface area contributed by atoms with Crippen LogP contribution in [-0.4, -0.2) is 18.0 Å². The molecule has 1 amide bonds. The first-order chi connectivity index (χ1) is 7.06. The van der Waals surface area contributed by atoms with Gasteiger partial charge < -0.3 is 11.1 Å². The van der Waals surface area contributed by atoms with E-state index >= 15 is 0 Å². The van der Waals surface area contributed by atoms with Crippen LogP contribution in [0.2, 0.25) is 0 Å². The summed E-state index contributed by atoms with van der Waals surface area (Å²) < 4.78 is 0. The van der Waals surface area contributed by atoms with Crippen LogP contribution in [0.1, 0.15) is 25.1 Å². The SMILES string of the molecule is CCC(C)(N)C(=O)NCCc1cccs1. The summed E-state index contributed by atoms with van der Waals surface area (Å²) in [6, 6.07) is 4.08. The third-order valence-corrected chi connectivity index (χ3v) is 3.43. The van der Waals surface area contributed by atoms with Crippen molar-refractivity contribution in [3.63, 3.8) is 0 Å². The highest BCUT2D eigenvalue weighted by Crippen LogP contribution is 2.09. The smallest absolute Gasteiger partial charge is 0.239 e. The van der Waals surface area contributed by atoms with Crippen LogP contribution in [0.25, 0.3) is 0 Å². The van der Waals surface area contributed by atoms with E-state index in [1.54, 1.807) is 18.3 Å². The van der Waals surface area contributed by atoms with E-state index in [1.807, 2.05) is 18.4 Å². The molecule has 84 valence electrons. The van der Waals surface area contributed by atoms with Gasteiger partial charge in [0.05, 0.1) is 5.54 Å². The molecule has 0 saturated heterocycles. The molecule has 15 heavy (non-hydrogen) atoms. The lowest BCUT2D eigenvalue weighted by molar-refractivity contribution is -0.125. The number of nitrogens with one attached hydrogen (secondary N) is 1. The Morgan fingerprint density at radius 3 is 2.93 bits per heavy atom. The molecule has 0 aliphatic carbocycles. The molecule has 1 aromatic rings. The fourth-order valence-corrected chi connectivity index (χ4v) is 1.83. The highest BCUT2D eigenvalue weighted by atomic mass is 32.1. The fraction of sp³-hybridized carbons (Fsp3) is 0.545. The topological polar surface area (TPSA) is 55.1 Å². The zero-order valence-electron chi connectivity index (χ0n) is 9.25. The Bertz CT molecular complexity index is 306. The average molecular weight is 226 g/mol. The molecule has 0 radical (unpaired) electrons. The number of hydrogen-bond acceptors (Lipinski definition) is 3. The predicted octanol–water partition coefficient (Wildman–Crippen LogP) is 1.53. The largest absolute Gasteiger partial charge is 0.354 e. The van der Waals surface area contributed by atoms with Crippen LogP contribution in [0.5, 0.6) is 0 Å². The van der Waals surface area contributed by atoms with Crippen molar-refractivity contribution in [2.75, 3.05) is 6.54 Å². The van der Waals surface area contributed by atoms with Gasteiger partial charge in [-0.3, -0.25) is 4.79 Å². The average Bonchev–Trinajstić information content (AvgIpc) is 2.70. The summed E-state index contributed by atoms with van der Waals surface area (Å²) in [5.41, 5.74) is 5.07. The zero-order chi connectivity index (χ0) is 11.3. The molecular formula is C11H18N2OS. The Hall–Kier alpha value is -0.870. The van der Waals surface area contributed by atoms with Crippen LogP contribution in [0.4, 0.5) is 0 Å². The number of rotatable bonds is 5. The highest BCUT2D eigenvalue weighted by molar-refractivity contribution is 7.09. The summed E-state index contributed by atoms with van der Waals surface area (Å²) in [7, 11) is 0. The van der Waals surface area contributed by atoms with Gasteiger partial charge in [-0.2, -0.15) is 0 Å². The van der Waals surface area contributed by atoms with Gasteiger partial charge in [0.1, 0.15) is 0 Å². The third kappa shape index (κ3) is 3.64. The van der Waals surface area contributed by atoms with Crippen LogP contribution in [0.3, 0.4) is 0 Å². The molecule has 0 spiro atoms. The summed E-state index contributed by atoms with van der Waals surface area (Å²) in [5.74, 6) is -0.0680. The first-order valence-electron chi connectivity index (χ1n) is 5.16. The molecule has 1 rings (SSSR count). The number of amides is 1. The maximum atomic E-state index is 11.6. The van der Waals surface area contributed by atoms with Crippen molar-refractivity contribution in [3.8, 4) is 0 Å². The van der Waals surface area contributed by atoms with Gasteiger partial charge in [0.25, 0.3) is 0 Å². The van der Waals surface area contributed by atoms with Gasteiger partial charge in [-0.05, 0) is 31.2 Å². The van der Waals surface area contributed by atoms with Gasteiger partial charge in [-0.15, -0.1) is 11.3 Å². The quantitative estimate of drug-likeness (QED) is 0.800. The lowest BCUT2D eigenvalue weighted by atomic mass is 9.99. The van der Waals surface area contributed by atoms with Crippen LogP contribution >= 0.6 is 11.3 Å². The molecular weight excluding hydrogens is 208 g/mol. The van der Waals surface area contributed by atoms with Crippen LogP contribution in [-0.2, 0) is 11.2 Å². The van der Waals surface area contributed by atoms with Gasteiger partial charge >= 0.3 is 0 Å². The zero-order valence-corrected chi connectivity index (χ0v) is 10.1. The lowest BCUT2D eigenvalue weighted by Gasteiger charge is -2.21. The molecule has 1 unspecified atom stereocenters. The minimum atomic E-state index is -0.741. The fourth-order valence-electron chi connectivity index (χ4n) is 1.12. The van der Waals surface area contributed by atoms with E-state index in [0.29, 0.717) is 13.0 Å². The van der Waals surface area contributed by atoms with E-state index in [0.717, 1.165) is 6.42 Å². The molecule has 0 bridgehead atoms. The molecule has 0 fully saturated rings. The van der Waals surface area contributed by atoms with Crippen molar-refractivity contribution < 1.29 is 4.79 Å². The number of hydrogen-bond donors (Lipinski definition) is 2. The molecule has 0 aliphatic rings. The van der Waals surface area contributed by atoms with E-state index in [-0.39, 0.29) is 5.91 Å². The van der Waals surface area contributed by atoms with Crippen molar-refractivity contribution in [1.82, 2.24) is 5.32 Å². The Labute approximate surface area is 94.7 Å². The van der Waals surface area contributed by atoms with Crippen molar-refractivity contribution >= 4 is 17.2 Å². The summed E-state index contributed by atoms with van der Waals surface area (Å²) >= 11 is 1.71. The first-order valence-corrected chi connectivity index (χ1v) is 6.04. The number of thiophene rings is 1. The molecule has 3 N–H and O–H groups in total. The molecule has 4 heteroatoms. The van der Waals surface area contributed by atoms with E-state index in [9.17, 15) is 4.79 Å². The van der Waals surface area contributed by atoms with E-state index in [1.165, 1.54) is 4.88 Å². The van der Waals surface area contributed by atoms with Crippen LogP contribution in [0, 0.1) is 0 Å². The lowest BCUT2D eigenvalue weighted by Crippen LogP contribution is -2.51. The maximum absolute atomic E-state index is 11.6. The van der Waals surface area contributed by atoms with Crippen LogP contribution in [0.15, 0.2) is 17.5 Å². The number of carbonyl (C=O) groups is 1. The maximum Gasteiger partial charge on any atom is 0.239 e. The normalized spacial score (nSPS) is 14.6. The molecule has 3 nitrogen and oxygen atoms in total. The summed E-state index contributed by atoms with van der Waals surface area (Å²) in [6.45, 7) is 4.33. The molecule has 0 aromatic carbocycles. The second-order valence-corrected chi connectivity index (χ2v) is 4.89. The standard InChI is InChI=1S/C11H18N2OS/c1-3-11(2,12)10(14)13-7-6-9-5-4-8-15-9/h4-5,8H,3,6-7,12H2,1-2H3,(H,13,14). The third-order valence-electron chi connectivity index (χ3n) is 2.49. The van der Waals surface area contributed by atoms with Gasteiger partial charge in [-0.1, -0.05) is 13.0 Å². The molecule has 0 aliphatic heterocycles. The second-order valence-electron chi connectivity index (χ2n) is 3.86. The van der Waals surface area contributed by atoms with Crippen molar-refractivity contribution in [1.29, 1.82) is 0 Å². The van der Waals surface area contributed by atoms with E-state index < -0.39 is 5.54 Å². The monoisotopic (exact) mass is 226 g/mol. The van der Waals surface area contributed by atoms with Crippen LogP contribution < -0.4 is 11.1 Å². The molecule has 0 saturated carbocycles. The Morgan fingerprint density at radius 1 is 1.67 bits per heavy atom. The molecule has 1 aromatic heterocycles. The van der Waals surface area contributed by atoms with E-state index in [4.69, 9.17) is 5.73 Å². The van der Waals surface area contributed by atoms with E-state index in [2.05, 4.69) is 11.4 Å². The van der Waals surface area contributed by atoms with Crippen molar-refractivity contribution in [3.05, 3.63) is 22.4 Å². The van der Waals surface area contributed by atoms with Gasteiger partial charge in [0.15, 0.2) is 0 Å². The Kier molecular flexibility index (Phi) is 4.29. The number of nitrogens with two attached hydrogens (primary N) is 1. The van der Waals surface area contributed by atoms with Gasteiger partial charge in [0, 0.05) is 11.4 Å². The van der Waals surface area contributed by atoms with Crippen molar-refractivity contribution in [2.45, 2.75) is 32.2 Å². The number of carbonyl (C=O) groups excluding carboxylic acids is 1. The summed E-state index contributed by atoms with van der Waals surface area (Å²) in [4.78, 5) is 12.9. The second kappa shape index (κ2) is 5.28. The first kappa shape index (κ1) is 12.2. The Balaban J connectivity index is 2.29. The molecule has 1 heterocycles. The predicted molar refractivity (Wildman–Crippen MR) is 63.9 cm³/mol. The minimum absolute atomic E-state index is 0.0680. The molecule has 1 atom stereocenters. The Morgan fingerprint density at radius 2 is 2.40 bits per heavy atom. The minimum Gasteiger partial charge on any atom is -0.354 e. The van der Waals surface area contributed by atoms with Gasteiger partial charge in [-0.25, -0.2) is 0 Å².